The lowest BCUT2D eigenvalue weighted by molar-refractivity contribution is 0.102. The topological polar surface area (TPSA) is 66.5 Å². The molecule has 0 aliphatic carbocycles. The first-order chi connectivity index (χ1) is 14.5. The zero-order valence-corrected chi connectivity index (χ0v) is 19.4. The van der Waals surface area contributed by atoms with E-state index in [4.69, 9.17) is 0 Å². The Morgan fingerprint density at radius 1 is 0.871 bits per heavy atom. The molecule has 3 aromatic rings. The Hall–Kier alpha value is -3.12. The van der Waals surface area contributed by atoms with Crippen molar-refractivity contribution in [3.8, 4) is 0 Å². The molecule has 3 rings (SSSR count). The van der Waals surface area contributed by atoms with Gasteiger partial charge < -0.3 is 5.32 Å². The Kier molecular flexibility index (Phi) is 6.51. The molecule has 0 aromatic heterocycles. The number of nitrogens with zero attached hydrogens (tertiary/aromatic N) is 1. The van der Waals surface area contributed by atoms with Gasteiger partial charge in [0, 0.05) is 11.3 Å². The molecule has 0 unspecified atom stereocenters. The minimum Gasteiger partial charge on any atom is -0.322 e. The highest BCUT2D eigenvalue weighted by Crippen LogP contribution is 2.28. The van der Waals surface area contributed by atoms with Crippen LogP contribution in [0.4, 0.5) is 11.4 Å². The number of sulfonamides is 1. The molecule has 0 saturated heterocycles. The molecule has 0 bridgehead atoms. The van der Waals surface area contributed by atoms with Crippen LogP contribution in [0.2, 0.25) is 0 Å². The van der Waals surface area contributed by atoms with Gasteiger partial charge in [0.25, 0.3) is 5.91 Å². The van der Waals surface area contributed by atoms with E-state index in [1.54, 1.807) is 24.3 Å². The molecule has 0 heterocycles. The van der Waals surface area contributed by atoms with Gasteiger partial charge in [-0.3, -0.25) is 9.10 Å². The van der Waals surface area contributed by atoms with Crippen LogP contribution in [0.1, 0.15) is 38.2 Å². The van der Waals surface area contributed by atoms with Gasteiger partial charge in [0.1, 0.15) is 0 Å². The van der Waals surface area contributed by atoms with Crippen LogP contribution in [0.3, 0.4) is 0 Å². The molecule has 0 saturated carbocycles. The van der Waals surface area contributed by atoms with Crippen molar-refractivity contribution in [3.63, 3.8) is 0 Å². The molecule has 162 valence electrons. The Labute approximate surface area is 184 Å². The van der Waals surface area contributed by atoms with Gasteiger partial charge in [0.2, 0.25) is 10.0 Å². The van der Waals surface area contributed by atoms with Crippen molar-refractivity contribution < 1.29 is 13.2 Å². The normalized spacial score (nSPS) is 11.3. The Morgan fingerprint density at radius 2 is 1.42 bits per heavy atom. The molecule has 3 aromatic carbocycles. The van der Waals surface area contributed by atoms with Crippen molar-refractivity contribution in [2.24, 2.45) is 0 Å². The molecule has 0 atom stereocenters. The maximum atomic E-state index is 12.6. The molecule has 31 heavy (non-hydrogen) atoms. The molecule has 6 heteroatoms. The largest absolute Gasteiger partial charge is 0.322 e. The molecule has 0 spiro atoms. The fourth-order valence-electron chi connectivity index (χ4n) is 3.74. The number of nitrogens with one attached hydrogen (secondary N) is 1. The van der Waals surface area contributed by atoms with Gasteiger partial charge in [0.15, 0.2) is 0 Å². The highest BCUT2D eigenvalue weighted by Gasteiger charge is 2.21. The van der Waals surface area contributed by atoms with Crippen LogP contribution in [0, 0.1) is 27.7 Å². The minimum absolute atomic E-state index is 0.198. The first-order valence-corrected chi connectivity index (χ1v) is 11.9. The maximum absolute atomic E-state index is 12.6. The third kappa shape index (κ3) is 5.52. The zero-order chi connectivity index (χ0) is 22.8. The lowest BCUT2D eigenvalue weighted by atomic mass is 10.1. The summed E-state index contributed by atoms with van der Waals surface area (Å²) in [5.41, 5.74) is 6.73. The van der Waals surface area contributed by atoms with Crippen molar-refractivity contribution in [3.05, 3.63) is 94.0 Å². The number of para-hydroxylation sites is 1. The van der Waals surface area contributed by atoms with E-state index in [2.05, 4.69) is 5.32 Å². The summed E-state index contributed by atoms with van der Waals surface area (Å²) >= 11 is 0. The molecule has 0 fully saturated rings. The van der Waals surface area contributed by atoms with Crippen LogP contribution in [0.15, 0.2) is 60.7 Å². The second-order valence-electron chi connectivity index (χ2n) is 8.04. The summed E-state index contributed by atoms with van der Waals surface area (Å²) in [7, 11) is -3.48. The monoisotopic (exact) mass is 436 g/mol. The van der Waals surface area contributed by atoms with Gasteiger partial charge in [-0.25, -0.2) is 8.42 Å². The zero-order valence-electron chi connectivity index (χ0n) is 18.6. The SMILES string of the molecule is Cc1cc(C)cc(NC(=O)c2ccc(CN(c3c(C)cccc3C)S(C)(=O)=O)cc2)c1. The van der Waals surface area contributed by atoms with Crippen molar-refractivity contribution in [2.45, 2.75) is 34.2 Å². The van der Waals surface area contributed by atoms with Crippen molar-refractivity contribution in [2.75, 3.05) is 15.9 Å². The summed E-state index contributed by atoms with van der Waals surface area (Å²) in [6, 6.07) is 18.6. The number of rotatable bonds is 6. The van der Waals surface area contributed by atoms with E-state index in [0.29, 0.717) is 11.3 Å². The van der Waals surface area contributed by atoms with Gasteiger partial charge in [-0.15, -0.1) is 0 Å². The van der Waals surface area contributed by atoms with E-state index in [-0.39, 0.29) is 12.5 Å². The van der Waals surface area contributed by atoms with E-state index in [9.17, 15) is 13.2 Å². The summed E-state index contributed by atoms with van der Waals surface area (Å²) in [4.78, 5) is 12.6. The quantitative estimate of drug-likeness (QED) is 0.582. The lowest BCUT2D eigenvalue weighted by Crippen LogP contribution is -2.30. The average Bonchev–Trinajstić information content (AvgIpc) is 2.66. The predicted molar refractivity (Wildman–Crippen MR) is 127 cm³/mol. The van der Waals surface area contributed by atoms with E-state index < -0.39 is 10.0 Å². The van der Waals surface area contributed by atoms with Gasteiger partial charge in [-0.2, -0.15) is 0 Å². The summed E-state index contributed by atoms with van der Waals surface area (Å²) in [6.45, 7) is 7.98. The number of carbonyl (C=O) groups excluding carboxylic acids is 1. The first-order valence-electron chi connectivity index (χ1n) is 10.1. The van der Waals surface area contributed by atoms with Crippen LogP contribution >= 0.6 is 0 Å². The van der Waals surface area contributed by atoms with Crippen molar-refractivity contribution in [1.29, 1.82) is 0 Å². The molecule has 5 nitrogen and oxygen atoms in total. The number of amides is 1. The summed E-state index contributed by atoms with van der Waals surface area (Å²) < 4.78 is 26.5. The third-order valence-electron chi connectivity index (χ3n) is 5.11. The van der Waals surface area contributed by atoms with Crippen LogP contribution in [-0.4, -0.2) is 20.6 Å². The second kappa shape index (κ2) is 8.94. The van der Waals surface area contributed by atoms with E-state index >= 15 is 0 Å². The Balaban J connectivity index is 1.82. The minimum atomic E-state index is -3.48. The standard InChI is InChI=1S/C25H28N2O3S/c1-17-13-18(2)15-23(14-17)26-25(28)22-11-9-21(10-12-22)16-27(31(5,29)30)24-19(3)7-6-8-20(24)4/h6-15H,16H2,1-5H3,(H,26,28). The molecule has 0 aliphatic heterocycles. The van der Waals surface area contributed by atoms with Crippen LogP contribution in [0.5, 0.6) is 0 Å². The van der Waals surface area contributed by atoms with E-state index in [1.807, 2.05) is 64.1 Å². The molecule has 0 radical (unpaired) electrons. The maximum Gasteiger partial charge on any atom is 0.255 e. The molecular formula is C25H28N2O3S. The number of hydrogen-bond donors (Lipinski definition) is 1. The molecule has 1 amide bonds. The van der Waals surface area contributed by atoms with E-state index in [0.717, 1.165) is 33.5 Å². The predicted octanol–water partition coefficient (Wildman–Crippen LogP) is 5.14. The van der Waals surface area contributed by atoms with Gasteiger partial charge >= 0.3 is 0 Å². The van der Waals surface area contributed by atoms with Crippen molar-refractivity contribution >= 4 is 27.3 Å². The number of aryl methyl sites for hydroxylation is 4. The third-order valence-corrected chi connectivity index (χ3v) is 6.22. The summed E-state index contributed by atoms with van der Waals surface area (Å²) in [5, 5.41) is 2.92. The Morgan fingerprint density at radius 3 is 1.94 bits per heavy atom. The first kappa shape index (κ1) is 22.6. The second-order valence-corrected chi connectivity index (χ2v) is 9.94. The van der Waals surface area contributed by atoms with Gasteiger partial charge in [-0.05, 0) is 79.8 Å². The Bertz CT molecular complexity index is 1180. The fourth-order valence-corrected chi connectivity index (χ4v) is 4.74. The average molecular weight is 437 g/mol. The van der Waals surface area contributed by atoms with Crippen molar-refractivity contribution in [1.82, 2.24) is 0 Å². The molecule has 1 N–H and O–H groups in total. The number of carbonyl (C=O) groups is 1. The summed E-state index contributed by atoms with van der Waals surface area (Å²) in [6.07, 6.45) is 1.21. The molecule has 0 aliphatic rings. The smallest absolute Gasteiger partial charge is 0.255 e. The van der Waals surface area contributed by atoms with Crippen LogP contribution in [-0.2, 0) is 16.6 Å². The van der Waals surface area contributed by atoms with Gasteiger partial charge in [-0.1, -0.05) is 36.4 Å². The number of hydrogen-bond acceptors (Lipinski definition) is 3. The number of anilines is 2. The molecular weight excluding hydrogens is 408 g/mol. The van der Waals surface area contributed by atoms with E-state index in [1.165, 1.54) is 10.6 Å². The number of benzene rings is 3. The van der Waals surface area contributed by atoms with Gasteiger partial charge in [0.05, 0.1) is 18.5 Å². The summed E-state index contributed by atoms with van der Waals surface area (Å²) in [5.74, 6) is -0.203. The highest BCUT2D eigenvalue weighted by atomic mass is 32.2. The fraction of sp³-hybridized carbons (Fsp3) is 0.240. The van der Waals surface area contributed by atoms with Crippen LogP contribution < -0.4 is 9.62 Å². The lowest BCUT2D eigenvalue weighted by Gasteiger charge is -2.26. The highest BCUT2D eigenvalue weighted by molar-refractivity contribution is 7.92. The van der Waals surface area contributed by atoms with Crippen LogP contribution in [0.25, 0.3) is 0 Å².